The van der Waals surface area contributed by atoms with Gasteiger partial charge in [0.15, 0.2) is 0 Å². The molecule has 64 valence electrons. The highest BCUT2D eigenvalue weighted by Crippen LogP contribution is 2.32. The summed E-state index contributed by atoms with van der Waals surface area (Å²) >= 11 is 0. The SMILES string of the molecule is Cl.[O-][O+]1C=CNc2ccccc21. The molecule has 1 aliphatic heterocycles. The number of halogens is 1. The van der Waals surface area contributed by atoms with E-state index >= 15 is 0 Å². The summed E-state index contributed by atoms with van der Waals surface area (Å²) in [7, 11) is 0. The molecule has 0 atom stereocenters. The highest BCUT2D eigenvalue weighted by atomic mass is 35.5. The molecule has 4 heteroatoms. The molecule has 0 radical (unpaired) electrons. The normalized spacial score (nSPS) is 12.9. The fourth-order valence-electron chi connectivity index (χ4n) is 1.02. The quantitative estimate of drug-likeness (QED) is 0.492. The van der Waals surface area contributed by atoms with Gasteiger partial charge in [-0.25, -0.2) is 0 Å². The van der Waals surface area contributed by atoms with Crippen molar-refractivity contribution in [1.29, 1.82) is 0 Å². The molecule has 0 amide bonds. The Morgan fingerprint density at radius 2 is 2.00 bits per heavy atom. The minimum Gasteiger partial charge on any atom is -0.531 e. The third-order valence-corrected chi connectivity index (χ3v) is 1.53. The Morgan fingerprint density at radius 1 is 1.25 bits per heavy atom. The predicted molar refractivity (Wildman–Crippen MR) is 47.0 cm³/mol. The summed E-state index contributed by atoms with van der Waals surface area (Å²) in [6, 6.07) is 7.28. The topological polar surface area (TPSA) is 37.8 Å². The van der Waals surface area contributed by atoms with Gasteiger partial charge < -0.3 is 15.1 Å². The lowest BCUT2D eigenvalue weighted by Gasteiger charge is -2.24. The Labute approximate surface area is 76.3 Å². The lowest BCUT2D eigenvalue weighted by molar-refractivity contribution is -0.741. The van der Waals surface area contributed by atoms with Crippen molar-refractivity contribution in [2.75, 3.05) is 5.32 Å². The van der Waals surface area contributed by atoms with Crippen molar-refractivity contribution < 1.29 is 9.78 Å². The molecule has 2 rings (SSSR count). The number of benzene rings is 1. The maximum atomic E-state index is 11.0. The Balaban J connectivity index is 0.000000720. The van der Waals surface area contributed by atoms with Crippen LogP contribution < -0.4 is 10.6 Å². The molecule has 0 saturated heterocycles. The third kappa shape index (κ3) is 1.37. The first-order valence-electron chi connectivity index (χ1n) is 3.31. The third-order valence-electron chi connectivity index (χ3n) is 1.53. The van der Waals surface area contributed by atoms with E-state index in [1.807, 2.05) is 18.2 Å². The minimum absolute atomic E-state index is 0. The molecule has 0 unspecified atom stereocenters. The van der Waals surface area contributed by atoms with Crippen LogP contribution in [0.25, 0.3) is 0 Å². The molecule has 1 N–H and O–H groups in total. The van der Waals surface area contributed by atoms with Gasteiger partial charge in [-0.15, -0.1) is 12.4 Å². The molecule has 0 fully saturated rings. The van der Waals surface area contributed by atoms with E-state index in [9.17, 15) is 5.26 Å². The molecule has 0 bridgehead atoms. The standard InChI is InChI=1S/C8H7NO2.ClH/c10-11-6-5-9-7-3-1-2-4-8(7)11;/h1-6,9H;1H. The summed E-state index contributed by atoms with van der Waals surface area (Å²) in [5, 5.41) is 13.9. The second-order valence-electron chi connectivity index (χ2n) is 2.24. The predicted octanol–water partition coefficient (Wildman–Crippen LogP) is 1.55. The van der Waals surface area contributed by atoms with Gasteiger partial charge in [0.2, 0.25) is 0 Å². The maximum absolute atomic E-state index is 11.0. The van der Waals surface area contributed by atoms with Crippen molar-refractivity contribution in [3.8, 4) is 5.75 Å². The van der Waals surface area contributed by atoms with Crippen LogP contribution in [0, 0.1) is 0 Å². The molecule has 1 heterocycles. The molecule has 12 heavy (non-hydrogen) atoms. The molecule has 1 aromatic rings. The van der Waals surface area contributed by atoms with Crippen molar-refractivity contribution in [3.05, 3.63) is 36.7 Å². The van der Waals surface area contributed by atoms with Gasteiger partial charge >= 0.3 is 0 Å². The van der Waals surface area contributed by atoms with E-state index in [0.717, 1.165) is 5.69 Å². The van der Waals surface area contributed by atoms with Crippen LogP contribution in [0.15, 0.2) is 36.7 Å². The van der Waals surface area contributed by atoms with Gasteiger partial charge in [0, 0.05) is 6.07 Å². The van der Waals surface area contributed by atoms with Gasteiger partial charge in [0.05, 0.1) is 6.20 Å². The van der Waals surface area contributed by atoms with Crippen LogP contribution in [-0.4, -0.2) is 0 Å². The van der Waals surface area contributed by atoms with Gasteiger partial charge in [-0.2, -0.15) is 0 Å². The van der Waals surface area contributed by atoms with E-state index in [2.05, 4.69) is 5.32 Å². The summed E-state index contributed by atoms with van der Waals surface area (Å²) in [6.45, 7) is 0. The highest BCUT2D eigenvalue weighted by Gasteiger charge is 2.11. The average Bonchev–Trinajstić information content (AvgIpc) is 2.06. The molecule has 0 spiro atoms. The number of rotatable bonds is 0. The molecular weight excluding hydrogens is 178 g/mol. The zero-order valence-electron chi connectivity index (χ0n) is 6.19. The van der Waals surface area contributed by atoms with Crippen molar-refractivity contribution in [1.82, 2.24) is 0 Å². The largest absolute Gasteiger partial charge is 0.531 e. The van der Waals surface area contributed by atoms with Crippen LogP contribution in [-0.2, 0) is 4.52 Å². The fraction of sp³-hybridized carbons (Fsp3) is 0. The molecule has 1 aromatic carbocycles. The lowest BCUT2D eigenvalue weighted by Crippen LogP contribution is -2.18. The van der Waals surface area contributed by atoms with Crippen LogP contribution >= 0.6 is 12.4 Å². The number of nitrogens with one attached hydrogen (secondary N) is 1. The smallest absolute Gasteiger partial charge is 0.295 e. The second kappa shape index (κ2) is 3.47. The number of fused-ring (bicyclic) bond motifs is 1. The zero-order valence-corrected chi connectivity index (χ0v) is 7.01. The lowest BCUT2D eigenvalue weighted by atomic mass is 10.3. The van der Waals surface area contributed by atoms with Gasteiger partial charge in [-0.1, -0.05) is 12.1 Å². The zero-order chi connectivity index (χ0) is 7.68. The van der Waals surface area contributed by atoms with Gasteiger partial charge in [0.25, 0.3) is 12.0 Å². The van der Waals surface area contributed by atoms with E-state index in [1.54, 1.807) is 16.8 Å². The molecule has 0 aromatic heterocycles. The molecule has 3 nitrogen and oxygen atoms in total. The first-order chi connectivity index (χ1) is 5.38. The first-order valence-corrected chi connectivity index (χ1v) is 3.31. The van der Waals surface area contributed by atoms with E-state index in [-0.39, 0.29) is 12.4 Å². The maximum Gasteiger partial charge on any atom is 0.295 e. The Kier molecular flexibility index (Phi) is 2.58. The van der Waals surface area contributed by atoms with Gasteiger partial charge in [-0.05, 0) is 6.07 Å². The summed E-state index contributed by atoms with van der Waals surface area (Å²) in [5.41, 5.74) is 0.815. The Hall–Kier alpha value is -1.19. The number of hydrogen-bond donors (Lipinski definition) is 1. The summed E-state index contributed by atoms with van der Waals surface area (Å²) in [5.74, 6) is 0.579. The van der Waals surface area contributed by atoms with E-state index < -0.39 is 0 Å². The van der Waals surface area contributed by atoms with Crippen LogP contribution in [0.5, 0.6) is 5.75 Å². The minimum atomic E-state index is 0. The van der Waals surface area contributed by atoms with Crippen LogP contribution in [0.4, 0.5) is 5.69 Å². The first kappa shape index (κ1) is 8.90. The highest BCUT2D eigenvalue weighted by molar-refractivity contribution is 5.85. The van der Waals surface area contributed by atoms with Crippen molar-refractivity contribution in [2.45, 2.75) is 0 Å². The summed E-state index contributed by atoms with van der Waals surface area (Å²) in [6.07, 6.45) is 2.95. The van der Waals surface area contributed by atoms with Gasteiger partial charge in [-0.3, -0.25) is 0 Å². The van der Waals surface area contributed by atoms with E-state index in [4.69, 9.17) is 0 Å². The van der Waals surface area contributed by atoms with Gasteiger partial charge in [0.1, 0.15) is 5.69 Å². The average molecular weight is 186 g/mol. The summed E-state index contributed by atoms with van der Waals surface area (Å²) in [4.78, 5) is 0. The van der Waals surface area contributed by atoms with Crippen LogP contribution in [0.3, 0.4) is 0 Å². The molecule has 0 aliphatic carbocycles. The molecular formula is C8H8ClNO2. The van der Waals surface area contributed by atoms with E-state index in [0.29, 0.717) is 5.75 Å². The molecule has 1 aliphatic rings. The van der Waals surface area contributed by atoms with Crippen LogP contribution in [0.2, 0.25) is 0 Å². The summed E-state index contributed by atoms with van der Waals surface area (Å²) < 4.78 is 1.61. The monoisotopic (exact) mass is 185 g/mol. The number of anilines is 1. The molecule has 0 saturated carbocycles. The van der Waals surface area contributed by atoms with Crippen molar-refractivity contribution in [2.24, 2.45) is 0 Å². The van der Waals surface area contributed by atoms with Crippen molar-refractivity contribution >= 4 is 18.1 Å². The van der Waals surface area contributed by atoms with Crippen molar-refractivity contribution in [3.63, 3.8) is 0 Å². The Bertz CT molecular complexity index is 301. The fourth-order valence-corrected chi connectivity index (χ4v) is 1.02. The number of para-hydroxylation sites is 2. The second-order valence-corrected chi connectivity index (χ2v) is 2.24. The van der Waals surface area contributed by atoms with E-state index in [1.165, 1.54) is 6.26 Å². The Morgan fingerprint density at radius 3 is 2.75 bits per heavy atom. The number of hydrogen-bond acceptors (Lipinski definition) is 2. The van der Waals surface area contributed by atoms with Crippen LogP contribution in [0.1, 0.15) is 0 Å².